The highest BCUT2D eigenvalue weighted by Crippen LogP contribution is 2.45. The average Bonchev–Trinajstić information content (AvgIpc) is 3.05. The Labute approximate surface area is 261 Å². The third-order valence-electron chi connectivity index (χ3n) is 10.4. The molecule has 0 aromatic heterocycles. The Morgan fingerprint density at radius 1 is 0.568 bits per heavy atom. The molecular weight excluding hydrogens is 560 g/mol. The molecule has 3 aromatic carbocycles. The highest BCUT2D eigenvalue weighted by atomic mass is 19.2. The van der Waals surface area contributed by atoms with Gasteiger partial charge in [0.2, 0.25) is 5.82 Å². The van der Waals surface area contributed by atoms with Crippen molar-refractivity contribution in [1.82, 2.24) is 0 Å². The van der Waals surface area contributed by atoms with E-state index < -0.39 is 23.3 Å². The number of hydrogen-bond donors (Lipinski definition) is 0. The molecule has 44 heavy (non-hydrogen) atoms. The molecule has 0 radical (unpaired) electrons. The van der Waals surface area contributed by atoms with Crippen LogP contribution < -0.4 is 4.74 Å². The third-order valence-corrected chi connectivity index (χ3v) is 10.4. The Kier molecular flexibility index (Phi) is 11.4. The van der Waals surface area contributed by atoms with E-state index in [4.69, 9.17) is 4.74 Å². The molecule has 0 saturated heterocycles. The van der Waals surface area contributed by atoms with Gasteiger partial charge >= 0.3 is 0 Å². The Hall–Kier alpha value is -2.82. The van der Waals surface area contributed by atoms with E-state index in [0.29, 0.717) is 23.3 Å². The number of hydrogen-bond acceptors (Lipinski definition) is 1. The number of benzene rings is 3. The molecule has 0 bridgehead atoms. The molecule has 2 aliphatic rings. The molecular formula is C39H48F4O. The predicted molar refractivity (Wildman–Crippen MR) is 172 cm³/mol. The molecule has 5 rings (SSSR count). The van der Waals surface area contributed by atoms with Crippen LogP contribution in [0.4, 0.5) is 17.6 Å². The van der Waals surface area contributed by atoms with E-state index in [2.05, 4.69) is 13.8 Å². The van der Waals surface area contributed by atoms with Crippen LogP contribution in [0.1, 0.15) is 115 Å². The fourth-order valence-corrected chi connectivity index (χ4v) is 7.77. The van der Waals surface area contributed by atoms with Gasteiger partial charge in [0.05, 0.1) is 6.61 Å². The van der Waals surface area contributed by atoms with Gasteiger partial charge in [-0.05, 0) is 97.4 Å². The normalized spacial score (nSPS) is 22.2. The summed E-state index contributed by atoms with van der Waals surface area (Å²) in [5.74, 6) is -1.22. The Bertz CT molecular complexity index is 1350. The van der Waals surface area contributed by atoms with Gasteiger partial charge in [-0.3, -0.25) is 0 Å². The molecule has 0 spiro atoms. The number of halogens is 4. The van der Waals surface area contributed by atoms with E-state index in [1.165, 1.54) is 50.7 Å². The van der Waals surface area contributed by atoms with Gasteiger partial charge in [0.15, 0.2) is 23.2 Å². The summed E-state index contributed by atoms with van der Waals surface area (Å²) in [6.07, 6.45) is 16.0. The topological polar surface area (TPSA) is 9.23 Å². The van der Waals surface area contributed by atoms with Gasteiger partial charge in [0.1, 0.15) is 0 Å². The molecule has 0 atom stereocenters. The van der Waals surface area contributed by atoms with E-state index in [-0.39, 0.29) is 22.8 Å². The maximum atomic E-state index is 15.5. The number of rotatable bonds is 12. The van der Waals surface area contributed by atoms with Gasteiger partial charge < -0.3 is 4.74 Å². The van der Waals surface area contributed by atoms with Crippen LogP contribution in [0.2, 0.25) is 0 Å². The van der Waals surface area contributed by atoms with Gasteiger partial charge in [0, 0.05) is 11.1 Å². The van der Waals surface area contributed by atoms with E-state index >= 15 is 8.78 Å². The molecule has 1 nitrogen and oxygen atoms in total. The van der Waals surface area contributed by atoms with Crippen molar-refractivity contribution in [1.29, 1.82) is 0 Å². The first-order chi connectivity index (χ1) is 21.4. The first-order valence-corrected chi connectivity index (χ1v) is 17.1. The SMILES string of the molecule is CCCCCCOc1ccc(-c2ccc(-c3ccc(C4CCC(C5CCC(CCC)CC5)CC4)c(F)c3F)cc2)c(F)c1F. The summed E-state index contributed by atoms with van der Waals surface area (Å²) in [6.45, 7) is 4.72. The van der Waals surface area contributed by atoms with E-state index in [1.807, 2.05) is 0 Å². The third kappa shape index (κ3) is 7.51. The van der Waals surface area contributed by atoms with Crippen LogP contribution in [0.5, 0.6) is 5.75 Å². The first kappa shape index (κ1) is 32.6. The zero-order valence-electron chi connectivity index (χ0n) is 26.5. The molecule has 5 heteroatoms. The van der Waals surface area contributed by atoms with Gasteiger partial charge in [0.25, 0.3) is 0 Å². The van der Waals surface area contributed by atoms with Crippen LogP contribution in [-0.2, 0) is 0 Å². The van der Waals surface area contributed by atoms with Crippen molar-refractivity contribution >= 4 is 0 Å². The first-order valence-electron chi connectivity index (χ1n) is 17.1. The van der Waals surface area contributed by atoms with Gasteiger partial charge in [-0.1, -0.05) is 95.2 Å². The average molecular weight is 609 g/mol. The molecule has 2 fully saturated rings. The van der Waals surface area contributed by atoms with Crippen LogP contribution in [0.15, 0.2) is 48.5 Å². The molecule has 0 aliphatic heterocycles. The minimum atomic E-state index is -1.01. The molecule has 0 heterocycles. The van der Waals surface area contributed by atoms with E-state index in [0.717, 1.165) is 69.1 Å². The minimum absolute atomic E-state index is 0.0507. The zero-order valence-corrected chi connectivity index (χ0v) is 26.5. The Morgan fingerprint density at radius 3 is 1.73 bits per heavy atom. The van der Waals surface area contributed by atoms with Crippen molar-refractivity contribution < 1.29 is 22.3 Å². The molecule has 2 saturated carbocycles. The fraction of sp³-hybridized carbons (Fsp3) is 0.538. The lowest BCUT2D eigenvalue weighted by atomic mass is 9.68. The lowest BCUT2D eigenvalue weighted by Gasteiger charge is -2.38. The van der Waals surface area contributed by atoms with Gasteiger partial charge in [-0.15, -0.1) is 0 Å². The molecule has 3 aromatic rings. The summed E-state index contributed by atoms with van der Waals surface area (Å²) >= 11 is 0. The van der Waals surface area contributed by atoms with Crippen molar-refractivity contribution in [3.8, 4) is 28.0 Å². The van der Waals surface area contributed by atoms with Crippen LogP contribution in [0.25, 0.3) is 22.3 Å². The maximum Gasteiger partial charge on any atom is 0.201 e. The van der Waals surface area contributed by atoms with Crippen LogP contribution in [0.3, 0.4) is 0 Å². The standard InChI is InChI=1S/C39H48F4O/c1-3-5-6-7-25-44-35-24-23-34(38(42)39(35)43)31-19-17-30(18-20-31)33-22-21-32(36(40)37(33)41)29-15-13-28(14-16-29)27-11-9-26(8-4-2)10-12-27/h17-24,26-29H,3-16,25H2,1-2H3. The smallest absolute Gasteiger partial charge is 0.201 e. The maximum absolute atomic E-state index is 15.5. The fourth-order valence-electron chi connectivity index (χ4n) is 7.77. The predicted octanol–water partition coefficient (Wildman–Crippen LogP) is 12.4. The van der Waals surface area contributed by atoms with E-state index in [1.54, 1.807) is 36.4 Å². The monoisotopic (exact) mass is 608 g/mol. The second-order valence-corrected chi connectivity index (χ2v) is 13.2. The minimum Gasteiger partial charge on any atom is -0.490 e. The summed E-state index contributed by atoms with van der Waals surface area (Å²) in [4.78, 5) is 0. The Morgan fingerprint density at radius 2 is 1.14 bits per heavy atom. The summed E-state index contributed by atoms with van der Waals surface area (Å²) in [5.41, 5.74) is 1.70. The van der Waals surface area contributed by atoms with Crippen LogP contribution in [-0.4, -0.2) is 6.61 Å². The molecule has 0 amide bonds. The van der Waals surface area contributed by atoms with Gasteiger partial charge in [-0.2, -0.15) is 4.39 Å². The molecule has 0 N–H and O–H groups in total. The van der Waals surface area contributed by atoms with Crippen molar-refractivity contribution in [2.45, 2.75) is 110 Å². The summed E-state index contributed by atoms with van der Waals surface area (Å²) < 4.78 is 66.0. The van der Waals surface area contributed by atoms with Crippen molar-refractivity contribution in [2.75, 3.05) is 6.61 Å². The molecule has 2 aliphatic carbocycles. The van der Waals surface area contributed by atoms with Gasteiger partial charge in [-0.25, -0.2) is 13.2 Å². The Balaban J connectivity index is 1.21. The summed E-state index contributed by atoms with van der Waals surface area (Å²) in [5, 5.41) is 0. The van der Waals surface area contributed by atoms with E-state index in [9.17, 15) is 8.78 Å². The summed E-state index contributed by atoms with van der Waals surface area (Å²) in [7, 11) is 0. The molecule has 0 unspecified atom stereocenters. The number of unbranched alkanes of at least 4 members (excludes halogenated alkanes) is 3. The second-order valence-electron chi connectivity index (χ2n) is 13.2. The van der Waals surface area contributed by atoms with Crippen molar-refractivity contribution in [3.05, 3.63) is 77.4 Å². The number of ether oxygens (including phenoxy) is 1. The highest BCUT2D eigenvalue weighted by molar-refractivity contribution is 5.72. The molecule has 238 valence electrons. The summed E-state index contributed by atoms with van der Waals surface area (Å²) in [6, 6.07) is 12.8. The van der Waals surface area contributed by atoms with Crippen LogP contribution in [0, 0.1) is 41.0 Å². The zero-order chi connectivity index (χ0) is 31.1. The largest absolute Gasteiger partial charge is 0.490 e. The van der Waals surface area contributed by atoms with Crippen molar-refractivity contribution in [3.63, 3.8) is 0 Å². The van der Waals surface area contributed by atoms with Crippen LogP contribution >= 0.6 is 0 Å². The van der Waals surface area contributed by atoms with Crippen molar-refractivity contribution in [2.24, 2.45) is 17.8 Å². The quantitative estimate of drug-likeness (QED) is 0.147. The lowest BCUT2D eigenvalue weighted by Crippen LogP contribution is -2.25. The lowest BCUT2D eigenvalue weighted by molar-refractivity contribution is 0.156. The highest BCUT2D eigenvalue weighted by Gasteiger charge is 2.32. The second kappa shape index (κ2) is 15.5.